The quantitative estimate of drug-likeness (QED) is 0.559. The highest BCUT2D eigenvalue weighted by Gasteiger charge is 2.12. The number of carbonyl (C=O) groups is 1. The van der Waals surface area contributed by atoms with Gasteiger partial charge < -0.3 is 9.88 Å². The van der Waals surface area contributed by atoms with Crippen molar-refractivity contribution < 1.29 is 4.79 Å². The first kappa shape index (κ1) is 17.0. The summed E-state index contributed by atoms with van der Waals surface area (Å²) in [5.74, 6) is -0.0853. The number of amides is 1. The van der Waals surface area contributed by atoms with E-state index in [1.54, 1.807) is 24.5 Å². The molecule has 0 saturated heterocycles. The van der Waals surface area contributed by atoms with Crippen molar-refractivity contribution in [2.75, 3.05) is 6.54 Å². The van der Waals surface area contributed by atoms with Crippen molar-refractivity contribution >= 4 is 27.7 Å². The van der Waals surface area contributed by atoms with Gasteiger partial charge in [-0.25, -0.2) is 0 Å². The Morgan fingerprint density at radius 1 is 0.926 bits per heavy atom. The first-order valence-corrected chi connectivity index (χ1v) is 8.90. The number of carbonyl (C=O) groups excluding carboxylic acids is 1. The van der Waals surface area contributed by atoms with Gasteiger partial charge in [0, 0.05) is 29.7 Å². The first-order valence-electron chi connectivity index (χ1n) is 8.90. The molecule has 0 radical (unpaired) electrons. The summed E-state index contributed by atoms with van der Waals surface area (Å²) < 4.78 is 1.91. The highest BCUT2D eigenvalue weighted by molar-refractivity contribution is 5.94. The number of benzene rings is 2. The summed E-state index contributed by atoms with van der Waals surface area (Å²) in [7, 11) is 0. The van der Waals surface area contributed by atoms with Crippen LogP contribution in [0.25, 0.3) is 21.8 Å². The Morgan fingerprint density at radius 3 is 2.22 bits per heavy atom. The molecule has 0 aliphatic carbocycles. The third-order valence-electron chi connectivity index (χ3n) is 4.64. The number of nitrogens with zero attached hydrogens (tertiary/aromatic N) is 2. The van der Waals surface area contributed by atoms with Gasteiger partial charge in [-0.05, 0) is 42.3 Å². The van der Waals surface area contributed by atoms with E-state index in [4.69, 9.17) is 0 Å². The summed E-state index contributed by atoms with van der Waals surface area (Å²) in [6.45, 7) is 0.703. The van der Waals surface area contributed by atoms with Gasteiger partial charge in [0.2, 0.25) is 5.91 Å². The van der Waals surface area contributed by atoms with E-state index in [9.17, 15) is 9.59 Å². The van der Waals surface area contributed by atoms with E-state index >= 15 is 0 Å². The maximum Gasteiger partial charge on any atom is 0.239 e. The molecule has 2 heterocycles. The largest absolute Gasteiger partial charge is 0.354 e. The van der Waals surface area contributed by atoms with Gasteiger partial charge in [0.1, 0.15) is 6.54 Å². The van der Waals surface area contributed by atoms with Crippen LogP contribution in [0.3, 0.4) is 0 Å². The summed E-state index contributed by atoms with van der Waals surface area (Å²) in [4.78, 5) is 29.4. The monoisotopic (exact) mass is 357 g/mol. The second-order valence-corrected chi connectivity index (χ2v) is 6.41. The number of hydrogen-bond acceptors (Lipinski definition) is 3. The Morgan fingerprint density at radius 2 is 1.59 bits per heavy atom. The van der Waals surface area contributed by atoms with Crippen LogP contribution in [-0.4, -0.2) is 22.0 Å². The van der Waals surface area contributed by atoms with E-state index in [-0.39, 0.29) is 17.9 Å². The average Bonchev–Trinajstić information content (AvgIpc) is 2.72. The fraction of sp³-hybridized carbons (Fsp3) is 0.136. The molecule has 0 atom stereocenters. The highest BCUT2D eigenvalue weighted by Crippen LogP contribution is 2.18. The Labute approximate surface area is 156 Å². The van der Waals surface area contributed by atoms with E-state index in [2.05, 4.69) is 10.3 Å². The summed E-state index contributed by atoms with van der Waals surface area (Å²) in [5.41, 5.74) is 2.61. The molecule has 0 aliphatic rings. The molecule has 2 aromatic carbocycles. The second-order valence-electron chi connectivity index (χ2n) is 6.41. The molecule has 0 fully saturated rings. The molecule has 5 heteroatoms. The minimum Gasteiger partial charge on any atom is -0.354 e. The third kappa shape index (κ3) is 3.44. The van der Waals surface area contributed by atoms with Crippen LogP contribution in [0.1, 0.15) is 5.56 Å². The van der Waals surface area contributed by atoms with E-state index in [1.165, 1.54) is 0 Å². The van der Waals surface area contributed by atoms with Gasteiger partial charge >= 0.3 is 0 Å². The van der Waals surface area contributed by atoms with Crippen molar-refractivity contribution in [3.63, 3.8) is 0 Å². The van der Waals surface area contributed by atoms with Crippen molar-refractivity contribution in [2.45, 2.75) is 13.0 Å². The summed E-state index contributed by atoms with van der Waals surface area (Å²) >= 11 is 0. The predicted molar refractivity (Wildman–Crippen MR) is 107 cm³/mol. The molecule has 1 amide bonds. The molecule has 4 aromatic rings. The zero-order valence-electron chi connectivity index (χ0n) is 14.8. The van der Waals surface area contributed by atoms with Gasteiger partial charge in [0.15, 0.2) is 5.43 Å². The predicted octanol–water partition coefficient (Wildman–Crippen LogP) is 2.91. The molecule has 2 aromatic heterocycles. The van der Waals surface area contributed by atoms with E-state index in [0.717, 1.165) is 23.0 Å². The van der Waals surface area contributed by atoms with Crippen LogP contribution in [0.4, 0.5) is 0 Å². The maximum absolute atomic E-state index is 12.7. The summed E-state index contributed by atoms with van der Waals surface area (Å²) in [5, 5.41) is 4.21. The zero-order valence-corrected chi connectivity index (χ0v) is 14.8. The van der Waals surface area contributed by atoms with Gasteiger partial charge in [0.05, 0.1) is 11.0 Å². The molecule has 0 bridgehead atoms. The minimum absolute atomic E-state index is 0.00515. The molecule has 0 unspecified atom stereocenters. The van der Waals surface area contributed by atoms with Crippen molar-refractivity contribution in [3.8, 4) is 0 Å². The number of pyridine rings is 2. The summed E-state index contributed by atoms with van der Waals surface area (Å²) in [6, 6.07) is 18.7. The molecule has 0 spiro atoms. The van der Waals surface area contributed by atoms with Crippen LogP contribution in [0, 0.1) is 0 Å². The van der Waals surface area contributed by atoms with Gasteiger partial charge in [-0.1, -0.05) is 30.3 Å². The van der Waals surface area contributed by atoms with Gasteiger partial charge in [0.25, 0.3) is 0 Å². The molecule has 0 saturated carbocycles. The fourth-order valence-electron chi connectivity index (χ4n) is 3.34. The first-order chi connectivity index (χ1) is 13.2. The lowest BCUT2D eigenvalue weighted by Gasteiger charge is -2.15. The smallest absolute Gasteiger partial charge is 0.239 e. The van der Waals surface area contributed by atoms with E-state index in [1.807, 2.05) is 53.1 Å². The number of rotatable bonds is 5. The van der Waals surface area contributed by atoms with E-state index in [0.29, 0.717) is 17.3 Å². The Kier molecular flexibility index (Phi) is 4.66. The maximum atomic E-state index is 12.7. The van der Waals surface area contributed by atoms with Crippen LogP contribution < -0.4 is 10.7 Å². The van der Waals surface area contributed by atoms with Crippen molar-refractivity contribution in [1.29, 1.82) is 0 Å². The molecule has 1 N–H and O–H groups in total. The SMILES string of the molecule is O=C(Cn1c2ccccc2c(=O)c2ccccc21)NCCc1cccnc1. The number of nitrogens with one attached hydrogen (secondary N) is 1. The van der Waals surface area contributed by atoms with E-state index < -0.39 is 0 Å². The highest BCUT2D eigenvalue weighted by atomic mass is 16.2. The lowest BCUT2D eigenvalue weighted by molar-refractivity contribution is -0.121. The van der Waals surface area contributed by atoms with Crippen LogP contribution >= 0.6 is 0 Å². The van der Waals surface area contributed by atoms with Gasteiger partial charge in [-0.3, -0.25) is 14.6 Å². The molecular formula is C22H19N3O2. The van der Waals surface area contributed by atoms with Crippen LogP contribution in [0.2, 0.25) is 0 Å². The third-order valence-corrected chi connectivity index (χ3v) is 4.64. The van der Waals surface area contributed by atoms with Crippen molar-refractivity contribution in [3.05, 3.63) is 88.8 Å². The van der Waals surface area contributed by atoms with Crippen LogP contribution in [-0.2, 0) is 17.8 Å². The second kappa shape index (κ2) is 7.41. The Balaban J connectivity index is 1.61. The number of para-hydroxylation sites is 2. The molecule has 0 aliphatic heterocycles. The molecule has 5 nitrogen and oxygen atoms in total. The van der Waals surface area contributed by atoms with Crippen LogP contribution in [0.15, 0.2) is 77.9 Å². The average molecular weight is 357 g/mol. The van der Waals surface area contributed by atoms with Gasteiger partial charge in [-0.2, -0.15) is 0 Å². The molecular weight excluding hydrogens is 338 g/mol. The lowest BCUT2D eigenvalue weighted by atomic mass is 10.1. The Bertz CT molecular complexity index is 1110. The number of aromatic nitrogens is 2. The fourth-order valence-corrected chi connectivity index (χ4v) is 3.34. The molecule has 4 rings (SSSR count). The minimum atomic E-state index is -0.0853. The Hall–Kier alpha value is -3.47. The zero-order chi connectivity index (χ0) is 18.6. The topological polar surface area (TPSA) is 64.0 Å². The summed E-state index contributed by atoms with van der Waals surface area (Å²) in [6.07, 6.45) is 4.26. The standard InChI is InChI=1S/C22H19N3O2/c26-21(24-13-11-16-6-5-12-23-14-16)15-25-19-9-3-1-7-17(19)22(27)18-8-2-4-10-20(18)25/h1-10,12,14H,11,13,15H2,(H,24,26). The van der Waals surface area contributed by atoms with Gasteiger partial charge in [-0.15, -0.1) is 0 Å². The lowest BCUT2D eigenvalue weighted by Crippen LogP contribution is -2.30. The van der Waals surface area contributed by atoms with Crippen molar-refractivity contribution in [1.82, 2.24) is 14.9 Å². The van der Waals surface area contributed by atoms with Crippen LogP contribution in [0.5, 0.6) is 0 Å². The van der Waals surface area contributed by atoms with Crippen molar-refractivity contribution in [2.24, 2.45) is 0 Å². The normalized spacial score (nSPS) is 11.0. The number of fused-ring (bicyclic) bond motifs is 2. The molecule has 27 heavy (non-hydrogen) atoms. The molecule has 134 valence electrons. The number of hydrogen-bond donors (Lipinski definition) is 1.